The smallest absolute Gasteiger partial charge is 0.241 e. The maximum absolute atomic E-state index is 12.1. The molecule has 0 amide bonds. The number of nitrogens with zero attached hydrogens (tertiary/aromatic N) is 1. The van der Waals surface area contributed by atoms with E-state index in [4.69, 9.17) is 11.6 Å². The van der Waals surface area contributed by atoms with Crippen molar-refractivity contribution in [3.8, 4) is 0 Å². The van der Waals surface area contributed by atoms with Crippen molar-refractivity contribution in [2.45, 2.75) is 26.4 Å². The van der Waals surface area contributed by atoms with Crippen LogP contribution in [-0.2, 0) is 6.42 Å². The van der Waals surface area contributed by atoms with Crippen LogP contribution >= 0.6 is 11.6 Å². The van der Waals surface area contributed by atoms with E-state index in [1.807, 2.05) is 0 Å². The number of halogens is 4. The van der Waals surface area contributed by atoms with Gasteiger partial charge in [0.25, 0.3) is 0 Å². The van der Waals surface area contributed by atoms with Gasteiger partial charge in [-0.25, -0.2) is 4.98 Å². The Balaban J connectivity index is 3.09. The van der Waals surface area contributed by atoms with E-state index in [-0.39, 0.29) is 10.7 Å². The Labute approximate surface area is 84.9 Å². The fraction of sp³-hybridized carbons (Fsp3) is 0.444. The Morgan fingerprint density at radius 1 is 1.36 bits per heavy atom. The minimum Gasteiger partial charge on any atom is -0.241 e. The van der Waals surface area contributed by atoms with Crippen molar-refractivity contribution in [3.05, 3.63) is 28.0 Å². The first kappa shape index (κ1) is 11.3. The summed E-state index contributed by atoms with van der Waals surface area (Å²) < 4.78 is 36.3. The number of hydrogen-bond donors (Lipinski definition) is 0. The Bertz CT molecular complexity index is 323. The Hall–Kier alpha value is -0.770. The molecule has 14 heavy (non-hydrogen) atoms. The zero-order valence-electron chi connectivity index (χ0n) is 7.74. The fourth-order valence-electron chi connectivity index (χ4n) is 1.23. The minimum atomic E-state index is -4.24. The molecule has 1 heterocycles. The molecule has 0 aliphatic heterocycles. The molecule has 0 radical (unpaired) electrons. The van der Waals surface area contributed by atoms with Crippen molar-refractivity contribution in [1.82, 2.24) is 4.98 Å². The molecule has 1 nitrogen and oxygen atoms in total. The molecule has 0 saturated carbocycles. The van der Waals surface area contributed by atoms with Crippen molar-refractivity contribution in [3.63, 3.8) is 0 Å². The van der Waals surface area contributed by atoms with Crippen molar-refractivity contribution >= 4 is 11.6 Å². The van der Waals surface area contributed by atoms with Gasteiger partial charge in [0, 0.05) is 11.3 Å². The highest BCUT2D eigenvalue weighted by Gasteiger charge is 2.30. The predicted octanol–water partition coefficient (Wildman–Crippen LogP) is 3.46. The number of aryl methyl sites for hydroxylation is 2. The molecule has 78 valence electrons. The highest BCUT2D eigenvalue weighted by Crippen LogP contribution is 2.27. The first-order valence-corrected chi connectivity index (χ1v) is 4.37. The van der Waals surface area contributed by atoms with Gasteiger partial charge in [0.1, 0.15) is 5.15 Å². The lowest BCUT2D eigenvalue weighted by Crippen LogP contribution is -2.13. The number of aromatic nitrogens is 1. The van der Waals surface area contributed by atoms with Crippen molar-refractivity contribution in [1.29, 1.82) is 0 Å². The highest BCUT2D eigenvalue weighted by molar-refractivity contribution is 6.30. The van der Waals surface area contributed by atoms with Crippen LogP contribution in [0.1, 0.15) is 16.8 Å². The van der Waals surface area contributed by atoms with Crippen LogP contribution in [0.4, 0.5) is 13.2 Å². The van der Waals surface area contributed by atoms with Crippen molar-refractivity contribution in [2.75, 3.05) is 0 Å². The summed E-state index contributed by atoms with van der Waals surface area (Å²) in [5.74, 6) is 0. The summed E-state index contributed by atoms with van der Waals surface area (Å²) in [5, 5.41) is -0.0557. The lowest BCUT2D eigenvalue weighted by Gasteiger charge is -2.11. The van der Waals surface area contributed by atoms with Gasteiger partial charge in [-0.1, -0.05) is 11.6 Å². The zero-order valence-corrected chi connectivity index (χ0v) is 8.50. The summed E-state index contributed by atoms with van der Waals surface area (Å²) in [4.78, 5) is 3.78. The van der Waals surface area contributed by atoms with Crippen LogP contribution in [0.3, 0.4) is 0 Å². The summed E-state index contributed by atoms with van der Waals surface area (Å²) in [7, 11) is 0. The summed E-state index contributed by atoms with van der Waals surface area (Å²) >= 11 is 5.63. The third kappa shape index (κ3) is 2.87. The van der Waals surface area contributed by atoms with Gasteiger partial charge >= 0.3 is 6.18 Å². The highest BCUT2D eigenvalue weighted by atomic mass is 35.5. The van der Waals surface area contributed by atoms with Gasteiger partial charge < -0.3 is 0 Å². The summed E-state index contributed by atoms with van der Waals surface area (Å²) in [6, 6.07) is 1.59. The van der Waals surface area contributed by atoms with Crippen molar-refractivity contribution < 1.29 is 13.2 Å². The Morgan fingerprint density at radius 2 is 1.93 bits per heavy atom. The van der Waals surface area contributed by atoms with Crippen LogP contribution in [0.2, 0.25) is 5.15 Å². The summed E-state index contributed by atoms with van der Waals surface area (Å²) in [5.41, 5.74) is 1.21. The van der Waals surface area contributed by atoms with E-state index in [1.54, 1.807) is 19.9 Å². The normalized spacial score (nSPS) is 11.9. The topological polar surface area (TPSA) is 12.9 Å². The minimum absolute atomic E-state index is 0.0557. The van der Waals surface area contributed by atoms with Gasteiger partial charge in [0.15, 0.2) is 0 Å². The van der Waals surface area contributed by atoms with Gasteiger partial charge in [0.2, 0.25) is 0 Å². The molecule has 0 saturated heterocycles. The molecule has 0 N–H and O–H groups in total. The molecule has 0 unspecified atom stereocenters. The summed E-state index contributed by atoms with van der Waals surface area (Å²) in [6.07, 6.45) is -5.27. The van der Waals surface area contributed by atoms with Gasteiger partial charge in [-0.3, -0.25) is 0 Å². The van der Waals surface area contributed by atoms with Gasteiger partial charge in [-0.15, -0.1) is 0 Å². The third-order valence-electron chi connectivity index (χ3n) is 1.80. The first-order valence-electron chi connectivity index (χ1n) is 3.99. The molecule has 0 aliphatic rings. The van der Waals surface area contributed by atoms with Crippen LogP contribution in [0.25, 0.3) is 0 Å². The summed E-state index contributed by atoms with van der Waals surface area (Å²) in [6.45, 7) is 3.29. The average Bonchev–Trinajstić information content (AvgIpc) is 1.95. The number of pyridine rings is 1. The molecule has 0 aromatic carbocycles. The van der Waals surface area contributed by atoms with Crippen LogP contribution in [-0.4, -0.2) is 11.2 Å². The molecule has 1 aromatic rings. The molecular formula is C9H9ClF3N. The lowest BCUT2D eigenvalue weighted by molar-refractivity contribution is -0.127. The number of alkyl halides is 3. The molecule has 5 heteroatoms. The van der Waals surface area contributed by atoms with Crippen LogP contribution < -0.4 is 0 Å². The van der Waals surface area contributed by atoms with E-state index in [1.165, 1.54) is 0 Å². The van der Waals surface area contributed by atoms with E-state index in [0.717, 1.165) is 0 Å². The number of hydrogen-bond acceptors (Lipinski definition) is 1. The maximum atomic E-state index is 12.1. The second-order valence-electron chi connectivity index (χ2n) is 3.14. The lowest BCUT2D eigenvalue weighted by atomic mass is 10.1. The molecule has 0 bridgehead atoms. The molecular weight excluding hydrogens is 215 g/mol. The van der Waals surface area contributed by atoms with Crippen molar-refractivity contribution in [2.24, 2.45) is 0 Å². The van der Waals surface area contributed by atoms with Crippen LogP contribution in [0.5, 0.6) is 0 Å². The average molecular weight is 224 g/mol. The molecule has 1 rings (SSSR count). The number of rotatable bonds is 1. The van der Waals surface area contributed by atoms with Crippen LogP contribution in [0.15, 0.2) is 6.07 Å². The largest absolute Gasteiger partial charge is 0.393 e. The quantitative estimate of drug-likeness (QED) is 0.665. The van der Waals surface area contributed by atoms with E-state index in [2.05, 4.69) is 4.98 Å². The predicted molar refractivity (Wildman–Crippen MR) is 48.5 cm³/mol. The molecule has 0 aliphatic carbocycles. The molecule has 1 aromatic heterocycles. The molecule has 0 spiro atoms. The first-order chi connectivity index (χ1) is 6.29. The Morgan fingerprint density at radius 3 is 2.36 bits per heavy atom. The zero-order chi connectivity index (χ0) is 10.9. The van der Waals surface area contributed by atoms with E-state index in [9.17, 15) is 13.2 Å². The Kier molecular flexibility index (Phi) is 3.04. The van der Waals surface area contributed by atoms with E-state index >= 15 is 0 Å². The van der Waals surface area contributed by atoms with Gasteiger partial charge in [-0.2, -0.15) is 13.2 Å². The van der Waals surface area contributed by atoms with Crippen LogP contribution in [0, 0.1) is 13.8 Å². The van der Waals surface area contributed by atoms with Gasteiger partial charge in [-0.05, 0) is 25.5 Å². The standard InChI is InChI=1S/C9H9ClF3N/c1-5-3-6(2)14-8(10)7(5)4-9(11,12)13/h3H,4H2,1-2H3. The monoisotopic (exact) mass is 223 g/mol. The molecule has 0 fully saturated rings. The SMILES string of the molecule is Cc1cc(C)c(CC(F)(F)F)c(Cl)n1. The molecule has 0 atom stereocenters. The second kappa shape index (κ2) is 3.77. The van der Waals surface area contributed by atoms with E-state index < -0.39 is 12.6 Å². The fourth-order valence-corrected chi connectivity index (χ4v) is 1.58. The van der Waals surface area contributed by atoms with Gasteiger partial charge in [0.05, 0.1) is 6.42 Å². The maximum Gasteiger partial charge on any atom is 0.393 e. The third-order valence-corrected chi connectivity index (χ3v) is 2.11. The second-order valence-corrected chi connectivity index (χ2v) is 3.50. The van der Waals surface area contributed by atoms with E-state index in [0.29, 0.717) is 11.3 Å².